The fourth-order valence-corrected chi connectivity index (χ4v) is 7.70. The average molecular weight is 491 g/mol. The van der Waals surface area contributed by atoms with Gasteiger partial charge in [-0.15, -0.1) is 46.2 Å². The molecule has 6 nitrogen and oxygen atoms in total. The summed E-state index contributed by atoms with van der Waals surface area (Å²) in [4.78, 5) is 0. The smallest absolute Gasteiger partial charge is 0.145 e. The number of methoxy groups -OCH3 is 2. The molecule has 0 aliphatic carbocycles. The van der Waals surface area contributed by atoms with Gasteiger partial charge in [-0.25, -0.2) is 0 Å². The lowest BCUT2D eigenvalue weighted by atomic mass is 10.7. The zero-order valence-electron chi connectivity index (χ0n) is 16.5. The highest BCUT2D eigenvalue weighted by Gasteiger charge is 2.09. The van der Waals surface area contributed by atoms with Crippen LogP contribution in [0.1, 0.15) is 0 Å². The largest absolute Gasteiger partial charge is 0.382 e. The van der Waals surface area contributed by atoms with Gasteiger partial charge in [0, 0.05) is 25.7 Å². The van der Waals surface area contributed by atoms with Crippen molar-refractivity contribution in [3.8, 4) is 0 Å². The lowest BCUT2D eigenvalue weighted by Gasteiger charge is -2.06. The molecule has 1 heterocycles. The van der Waals surface area contributed by atoms with E-state index in [9.17, 15) is 0 Å². The van der Waals surface area contributed by atoms with E-state index in [-0.39, 0.29) is 0 Å². The third-order valence-electron chi connectivity index (χ3n) is 3.05. The van der Waals surface area contributed by atoms with Crippen LogP contribution in [0.2, 0.25) is 0 Å². The third kappa shape index (κ3) is 14.7. The van der Waals surface area contributed by atoms with Crippen molar-refractivity contribution in [1.29, 1.82) is 0 Å². The van der Waals surface area contributed by atoms with E-state index >= 15 is 0 Å². The van der Waals surface area contributed by atoms with Crippen LogP contribution < -0.4 is 0 Å². The van der Waals surface area contributed by atoms with Gasteiger partial charge in [0.1, 0.15) is 3.14 Å². The SMILES string of the molecule is COCCOCCOCCSc1sc(=S)sc1SCCOCCOCCOC. The maximum atomic E-state index is 5.59. The van der Waals surface area contributed by atoms with Gasteiger partial charge in [0.25, 0.3) is 0 Å². The van der Waals surface area contributed by atoms with Gasteiger partial charge in [0.05, 0.1) is 74.5 Å². The predicted molar refractivity (Wildman–Crippen MR) is 122 cm³/mol. The summed E-state index contributed by atoms with van der Waals surface area (Å²) >= 11 is 12.3. The van der Waals surface area contributed by atoms with Gasteiger partial charge < -0.3 is 28.4 Å². The molecular formula is C17H30O6S5. The first-order chi connectivity index (χ1) is 13.8. The van der Waals surface area contributed by atoms with Gasteiger partial charge in [0.2, 0.25) is 0 Å². The van der Waals surface area contributed by atoms with Crippen LogP contribution in [0.15, 0.2) is 8.42 Å². The summed E-state index contributed by atoms with van der Waals surface area (Å²) in [6.45, 7) is 6.27. The first kappa shape index (κ1) is 26.8. The van der Waals surface area contributed by atoms with Gasteiger partial charge in [-0.1, -0.05) is 12.2 Å². The maximum absolute atomic E-state index is 5.59. The number of hydrogen-bond donors (Lipinski definition) is 0. The van der Waals surface area contributed by atoms with E-state index in [2.05, 4.69) is 0 Å². The lowest BCUT2D eigenvalue weighted by molar-refractivity contribution is 0.0286. The second-order valence-electron chi connectivity index (χ2n) is 5.16. The molecule has 11 heteroatoms. The van der Waals surface area contributed by atoms with E-state index in [1.165, 1.54) is 8.42 Å². The van der Waals surface area contributed by atoms with Crippen molar-refractivity contribution in [2.24, 2.45) is 0 Å². The molecule has 1 rings (SSSR count). The lowest BCUT2D eigenvalue weighted by Crippen LogP contribution is -2.09. The monoisotopic (exact) mass is 490 g/mol. The van der Waals surface area contributed by atoms with Crippen LogP contribution in [0, 0.1) is 3.14 Å². The van der Waals surface area contributed by atoms with Crippen molar-refractivity contribution in [2.75, 3.05) is 91.8 Å². The Hall–Kier alpha value is 0.730. The molecule has 0 fully saturated rings. The van der Waals surface area contributed by atoms with Gasteiger partial charge >= 0.3 is 0 Å². The summed E-state index contributed by atoms with van der Waals surface area (Å²) < 4.78 is 35.3. The van der Waals surface area contributed by atoms with Crippen LogP contribution in [0.3, 0.4) is 0 Å². The van der Waals surface area contributed by atoms with E-state index in [0.29, 0.717) is 66.1 Å². The topological polar surface area (TPSA) is 55.4 Å². The van der Waals surface area contributed by atoms with Crippen LogP contribution in [-0.2, 0) is 28.4 Å². The predicted octanol–water partition coefficient (Wildman–Crippen LogP) is 4.08. The number of hydrogen-bond acceptors (Lipinski definition) is 11. The summed E-state index contributed by atoms with van der Waals surface area (Å²) in [7, 11) is 3.33. The Labute approximate surface area is 189 Å². The standard InChI is InChI=1S/C17H30O6S5/c1-18-3-5-20-7-9-22-11-13-25-15-16(28-17(24)27-15)26-14-12-23-10-8-21-6-4-19-2/h3-14H2,1-2H3. The molecule has 0 radical (unpaired) electrons. The summed E-state index contributed by atoms with van der Waals surface area (Å²) in [6, 6.07) is 0. The van der Waals surface area contributed by atoms with Crippen LogP contribution in [0.25, 0.3) is 0 Å². The van der Waals surface area contributed by atoms with Crippen molar-refractivity contribution < 1.29 is 28.4 Å². The molecule has 0 amide bonds. The van der Waals surface area contributed by atoms with E-state index in [1.807, 2.05) is 0 Å². The van der Waals surface area contributed by atoms with E-state index in [1.54, 1.807) is 60.4 Å². The van der Waals surface area contributed by atoms with Gasteiger partial charge in [0.15, 0.2) is 0 Å². The number of rotatable bonds is 20. The Morgan fingerprint density at radius 1 is 0.607 bits per heavy atom. The number of thioether (sulfide) groups is 2. The molecule has 0 saturated heterocycles. The Morgan fingerprint density at radius 3 is 1.36 bits per heavy atom. The molecule has 0 atom stereocenters. The first-order valence-electron chi connectivity index (χ1n) is 8.96. The minimum atomic E-state index is 0.601. The molecule has 28 heavy (non-hydrogen) atoms. The van der Waals surface area contributed by atoms with Crippen molar-refractivity contribution in [3.63, 3.8) is 0 Å². The van der Waals surface area contributed by atoms with Gasteiger partial charge in [-0.2, -0.15) is 0 Å². The zero-order chi connectivity index (χ0) is 20.3. The molecule has 0 N–H and O–H groups in total. The Bertz CT molecular complexity index is 482. The molecule has 0 aliphatic heterocycles. The highest BCUT2D eigenvalue weighted by Crippen LogP contribution is 2.40. The van der Waals surface area contributed by atoms with E-state index in [0.717, 1.165) is 14.6 Å². The van der Waals surface area contributed by atoms with Gasteiger partial charge in [-0.05, 0) is 0 Å². The van der Waals surface area contributed by atoms with Crippen molar-refractivity contribution >= 4 is 58.4 Å². The van der Waals surface area contributed by atoms with E-state index in [4.69, 9.17) is 40.6 Å². The van der Waals surface area contributed by atoms with Crippen molar-refractivity contribution in [1.82, 2.24) is 0 Å². The van der Waals surface area contributed by atoms with Crippen LogP contribution >= 0.6 is 58.4 Å². The summed E-state index contributed by atoms with van der Waals surface area (Å²) in [6.07, 6.45) is 0. The molecule has 0 saturated carbocycles. The van der Waals surface area contributed by atoms with Crippen LogP contribution in [-0.4, -0.2) is 91.8 Å². The van der Waals surface area contributed by atoms with Crippen molar-refractivity contribution in [3.05, 3.63) is 3.14 Å². The molecular weight excluding hydrogens is 461 g/mol. The summed E-state index contributed by atoms with van der Waals surface area (Å²) in [5, 5.41) is 0. The normalized spacial score (nSPS) is 11.4. The van der Waals surface area contributed by atoms with Crippen molar-refractivity contribution in [2.45, 2.75) is 8.42 Å². The second kappa shape index (κ2) is 19.7. The fourth-order valence-electron chi connectivity index (χ4n) is 1.75. The third-order valence-corrected chi connectivity index (χ3v) is 8.56. The molecule has 0 aliphatic rings. The highest BCUT2D eigenvalue weighted by molar-refractivity contribution is 8.05. The van der Waals surface area contributed by atoms with Crippen LogP contribution in [0.5, 0.6) is 0 Å². The Kier molecular flexibility index (Phi) is 18.8. The molecule has 0 unspecified atom stereocenters. The molecule has 0 spiro atoms. The first-order valence-corrected chi connectivity index (χ1v) is 13.0. The van der Waals surface area contributed by atoms with Crippen LogP contribution in [0.4, 0.5) is 0 Å². The molecule has 1 aromatic rings. The maximum Gasteiger partial charge on any atom is 0.145 e. The second-order valence-corrected chi connectivity index (χ2v) is 11.1. The minimum absolute atomic E-state index is 0.601. The quantitative estimate of drug-likeness (QED) is 0.153. The summed E-state index contributed by atoms with van der Waals surface area (Å²) in [5.41, 5.74) is 0. The highest BCUT2D eigenvalue weighted by atomic mass is 32.2. The molecule has 0 aromatic carbocycles. The Balaban J connectivity index is 2.06. The minimum Gasteiger partial charge on any atom is -0.382 e. The van der Waals surface area contributed by atoms with E-state index < -0.39 is 0 Å². The average Bonchev–Trinajstić information content (AvgIpc) is 3.04. The molecule has 0 bridgehead atoms. The number of ether oxygens (including phenoxy) is 6. The molecule has 164 valence electrons. The summed E-state index contributed by atoms with van der Waals surface area (Å²) in [5.74, 6) is 1.81. The van der Waals surface area contributed by atoms with Gasteiger partial charge in [-0.3, -0.25) is 0 Å². The zero-order valence-corrected chi connectivity index (χ0v) is 20.6. The Morgan fingerprint density at radius 2 is 0.964 bits per heavy atom. The molecule has 1 aromatic heterocycles. The fraction of sp³-hybridized carbons (Fsp3) is 0.824.